The molecule has 0 radical (unpaired) electrons. The Bertz CT molecular complexity index is 1340. The van der Waals surface area contributed by atoms with Gasteiger partial charge in [0.25, 0.3) is 11.2 Å². The van der Waals surface area contributed by atoms with Gasteiger partial charge in [0.05, 0.1) is 31.7 Å². The van der Waals surface area contributed by atoms with Crippen molar-refractivity contribution >= 4 is 34.4 Å². The number of rotatable bonds is 7. The number of aryl methyl sites for hydroxylation is 1. The van der Waals surface area contributed by atoms with Crippen LogP contribution in [0, 0.1) is 10.1 Å². The van der Waals surface area contributed by atoms with Gasteiger partial charge in [0.15, 0.2) is 5.78 Å². The van der Waals surface area contributed by atoms with E-state index in [4.69, 9.17) is 11.6 Å². The standard InChI is InChI=1S/C20H14ClN5O4S/c21-19-9-8-18(31-19)17(27)7-4-13-12-25(23-22-13)15-6-5-14(11-16(15)26(29)30)24-10-2-1-3-20(24)28/h1-3,5-6,8-12H,4,7H2. The normalized spacial score (nSPS) is 10.9. The van der Waals surface area contributed by atoms with Crippen LogP contribution in [0.3, 0.4) is 0 Å². The molecule has 11 heteroatoms. The van der Waals surface area contributed by atoms with Crippen molar-refractivity contribution in [3.05, 3.63) is 96.3 Å². The molecule has 31 heavy (non-hydrogen) atoms. The first kappa shape index (κ1) is 20.6. The molecular formula is C20H14ClN5O4S. The van der Waals surface area contributed by atoms with Crippen LogP contribution in [0.2, 0.25) is 4.34 Å². The molecule has 0 aliphatic heterocycles. The molecule has 3 heterocycles. The Morgan fingerprint density at radius 3 is 2.74 bits per heavy atom. The predicted molar refractivity (Wildman–Crippen MR) is 116 cm³/mol. The largest absolute Gasteiger partial charge is 0.297 e. The van der Waals surface area contributed by atoms with Gasteiger partial charge in [-0.3, -0.25) is 24.3 Å². The van der Waals surface area contributed by atoms with E-state index in [-0.39, 0.29) is 29.1 Å². The Labute approximate surface area is 184 Å². The molecule has 0 saturated heterocycles. The van der Waals surface area contributed by atoms with Crippen molar-refractivity contribution in [2.45, 2.75) is 12.8 Å². The second kappa shape index (κ2) is 8.62. The maximum Gasteiger partial charge on any atom is 0.297 e. The van der Waals surface area contributed by atoms with Gasteiger partial charge in [0.2, 0.25) is 0 Å². The number of nitro benzene ring substituents is 1. The number of pyridine rings is 1. The van der Waals surface area contributed by atoms with E-state index >= 15 is 0 Å². The Morgan fingerprint density at radius 1 is 1.19 bits per heavy atom. The molecule has 0 atom stereocenters. The van der Waals surface area contributed by atoms with Crippen molar-refractivity contribution in [2.75, 3.05) is 0 Å². The number of carbonyl (C=O) groups is 1. The summed E-state index contributed by atoms with van der Waals surface area (Å²) in [5.41, 5.74) is 0.557. The van der Waals surface area contributed by atoms with E-state index in [1.54, 1.807) is 36.5 Å². The third-order valence-electron chi connectivity index (χ3n) is 4.50. The van der Waals surface area contributed by atoms with Gasteiger partial charge in [0.1, 0.15) is 5.69 Å². The van der Waals surface area contributed by atoms with Crippen molar-refractivity contribution in [1.29, 1.82) is 0 Å². The summed E-state index contributed by atoms with van der Waals surface area (Å²) in [6.07, 6.45) is 3.63. The molecule has 3 aromatic heterocycles. The fourth-order valence-electron chi connectivity index (χ4n) is 3.00. The summed E-state index contributed by atoms with van der Waals surface area (Å²) >= 11 is 7.07. The number of aromatic nitrogens is 4. The van der Waals surface area contributed by atoms with Crippen LogP contribution in [0.25, 0.3) is 11.4 Å². The van der Waals surface area contributed by atoms with Crippen molar-refractivity contribution in [3.8, 4) is 11.4 Å². The molecule has 156 valence electrons. The predicted octanol–water partition coefficient (Wildman–Crippen LogP) is 3.86. The Hall–Kier alpha value is -3.63. The molecule has 0 unspecified atom stereocenters. The van der Waals surface area contributed by atoms with Gasteiger partial charge in [-0.1, -0.05) is 22.9 Å². The number of halogens is 1. The number of hydrogen-bond acceptors (Lipinski definition) is 7. The number of carbonyl (C=O) groups excluding carboxylic acids is 1. The SMILES string of the molecule is O=C(CCc1cn(-c2ccc(-n3ccccc3=O)cc2[N+](=O)[O-])nn1)c1ccc(Cl)s1. The number of hydrogen-bond donors (Lipinski definition) is 0. The quantitative estimate of drug-likeness (QED) is 0.237. The Morgan fingerprint density at radius 2 is 2.03 bits per heavy atom. The van der Waals surface area contributed by atoms with Gasteiger partial charge >= 0.3 is 0 Å². The van der Waals surface area contributed by atoms with Crippen LogP contribution in [0.4, 0.5) is 5.69 Å². The summed E-state index contributed by atoms with van der Waals surface area (Å²) in [5, 5.41) is 19.6. The van der Waals surface area contributed by atoms with Gasteiger partial charge in [-0.25, -0.2) is 4.68 Å². The van der Waals surface area contributed by atoms with E-state index in [9.17, 15) is 19.7 Å². The summed E-state index contributed by atoms with van der Waals surface area (Å²) in [6, 6.07) is 12.4. The highest BCUT2D eigenvalue weighted by Gasteiger charge is 2.19. The number of thiophene rings is 1. The lowest BCUT2D eigenvalue weighted by Gasteiger charge is -2.07. The zero-order valence-electron chi connectivity index (χ0n) is 15.8. The van der Waals surface area contributed by atoms with E-state index in [1.807, 2.05) is 0 Å². The molecule has 0 fully saturated rings. The summed E-state index contributed by atoms with van der Waals surface area (Å²) in [4.78, 5) is 35.9. The fourth-order valence-corrected chi connectivity index (χ4v) is 4.01. The average Bonchev–Trinajstić information content (AvgIpc) is 3.41. The van der Waals surface area contributed by atoms with Gasteiger partial charge in [-0.2, -0.15) is 0 Å². The molecule has 0 amide bonds. The van der Waals surface area contributed by atoms with Crippen LogP contribution >= 0.6 is 22.9 Å². The van der Waals surface area contributed by atoms with Gasteiger partial charge in [-0.05, 0) is 30.3 Å². The van der Waals surface area contributed by atoms with Crippen molar-refractivity contribution in [2.24, 2.45) is 0 Å². The number of nitrogens with zero attached hydrogens (tertiary/aromatic N) is 5. The average molecular weight is 456 g/mol. The third kappa shape index (κ3) is 4.44. The maximum atomic E-state index is 12.2. The highest BCUT2D eigenvalue weighted by molar-refractivity contribution is 7.18. The monoisotopic (exact) mass is 455 g/mol. The maximum absolute atomic E-state index is 12.2. The minimum absolute atomic E-state index is 0.0601. The highest BCUT2D eigenvalue weighted by atomic mass is 35.5. The first-order chi connectivity index (χ1) is 14.9. The molecule has 0 spiro atoms. The van der Waals surface area contributed by atoms with Crippen LogP contribution in [0.1, 0.15) is 21.8 Å². The third-order valence-corrected chi connectivity index (χ3v) is 5.77. The van der Waals surface area contributed by atoms with E-state index in [1.165, 1.54) is 45.0 Å². The van der Waals surface area contributed by atoms with Crippen molar-refractivity contribution in [1.82, 2.24) is 19.6 Å². The smallest absolute Gasteiger partial charge is 0.293 e. The fraction of sp³-hybridized carbons (Fsp3) is 0.100. The molecule has 0 aliphatic rings. The van der Waals surface area contributed by atoms with E-state index < -0.39 is 4.92 Å². The highest BCUT2D eigenvalue weighted by Crippen LogP contribution is 2.26. The van der Waals surface area contributed by atoms with E-state index in [0.717, 1.165) is 0 Å². The van der Waals surface area contributed by atoms with Crippen molar-refractivity contribution in [3.63, 3.8) is 0 Å². The zero-order chi connectivity index (χ0) is 22.0. The molecule has 0 saturated carbocycles. The van der Waals surface area contributed by atoms with Crippen molar-refractivity contribution < 1.29 is 9.72 Å². The lowest BCUT2D eigenvalue weighted by molar-refractivity contribution is -0.384. The number of Topliss-reactive ketones (excluding diaryl/α,β-unsaturated/α-hetero) is 1. The first-order valence-corrected chi connectivity index (χ1v) is 10.3. The summed E-state index contributed by atoms with van der Waals surface area (Å²) in [6.45, 7) is 0. The molecule has 4 rings (SSSR count). The van der Waals surface area contributed by atoms with Gasteiger partial charge in [0, 0.05) is 31.2 Å². The molecule has 1 aromatic carbocycles. The molecular weight excluding hydrogens is 442 g/mol. The second-order valence-electron chi connectivity index (χ2n) is 6.52. The minimum Gasteiger partial charge on any atom is -0.293 e. The lowest BCUT2D eigenvalue weighted by Crippen LogP contribution is -2.16. The summed E-state index contributed by atoms with van der Waals surface area (Å²) in [7, 11) is 0. The lowest BCUT2D eigenvalue weighted by atomic mass is 10.1. The number of benzene rings is 1. The van der Waals surface area contributed by atoms with Gasteiger partial charge in [-0.15, -0.1) is 16.4 Å². The molecule has 0 bridgehead atoms. The topological polar surface area (TPSA) is 113 Å². The minimum atomic E-state index is -0.543. The van der Waals surface area contributed by atoms with Crippen LogP contribution in [0.5, 0.6) is 0 Å². The first-order valence-electron chi connectivity index (χ1n) is 9.09. The molecule has 9 nitrogen and oxygen atoms in total. The summed E-state index contributed by atoms with van der Waals surface area (Å²) < 4.78 is 3.14. The number of ketones is 1. The molecule has 0 N–H and O–H groups in total. The second-order valence-corrected chi connectivity index (χ2v) is 8.24. The molecule has 0 aliphatic carbocycles. The Balaban J connectivity index is 1.58. The van der Waals surface area contributed by atoms with Crippen LogP contribution in [0.15, 0.2) is 65.7 Å². The summed E-state index contributed by atoms with van der Waals surface area (Å²) in [5.74, 6) is -0.0601. The van der Waals surface area contributed by atoms with E-state index in [0.29, 0.717) is 27.0 Å². The zero-order valence-corrected chi connectivity index (χ0v) is 17.4. The number of nitro groups is 1. The van der Waals surface area contributed by atoms with Gasteiger partial charge < -0.3 is 0 Å². The van der Waals surface area contributed by atoms with Crippen LogP contribution < -0.4 is 5.56 Å². The molecule has 4 aromatic rings. The van der Waals surface area contributed by atoms with Crippen LogP contribution in [-0.2, 0) is 6.42 Å². The van der Waals surface area contributed by atoms with E-state index in [2.05, 4.69) is 10.3 Å². The van der Waals surface area contributed by atoms with Crippen LogP contribution in [-0.4, -0.2) is 30.3 Å². The Kier molecular flexibility index (Phi) is 5.74.